The van der Waals surface area contributed by atoms with Gasteiger partial charge < -0.3 is 14.9 Å². The number of aryl methyl sites for hydroxylation is 1. The van der Waals surface area contributed by atoms with Crippen LogP contribution in [0.1, 0.15) is 27.3 Å². The van der Waals surface area contributed by atoms with Crippen molar-refractivity contribution in [1.82, 2.24) is 14.8 Å². The van der Waals surface area contributed by atoms with Gasteiger partial charge in [0.05, 0.1) is 17.1 Å². The molecule has 1 amide bonds. The summed E-state index contributed by atoms with van der Waals surface area (Å²) >= 11 is 1.17. The number of nitrogens with zero attached hydrogens (tertiary/aromatic N) is 3. The first-order valence-electron chi connectivity index (χ1n) is 6.69. The number of amides is 1. The Hall–Kier alpha value is -1.47. The number of hydrogen-bond donors (Lipinski definition) is 1. The van der Waals surface area contributed by atoms with Crippen molar-refractivity contribution in [2.75, 3.05) is 33.2 Å². The maximum Gasteiger partial charge on any atom is 0.347 e. The third-order valence-corrected chi connectivity index (χ3v) is 4.64. The van der Waals surface area contributed by atoms with Crippen molar-refractivity contribution in [3.63, 3.8) is 0 Å². The molecule has 0 saturated carbocycles. The molecule has 0 aromatic carbocycles. The van der Waals surface area contributed by atoms with E-state index in [2.05, 4.69) is 9.88 Å². The summed E-state index contributed by atoms with van der Waals surface area (Å²) in [5.74, 6) is -1.03. The summed E-state index contributed by atoms with van der Waals surface area (Å²) in [5.41, 5.74) is 0.406. The number of rotatable bonds is 4. The van der Waals surface area contributed by atoms with Gasteiger partial charge in [-0.1, -0.05) is 6.92 Å². The lowest BCUT2D eigenvalue weighted by Gasteiger charge is -2.32. The molecule has 0 atom stereocenters. The van der Waals surface area contributed by atoms with Crippen LogP contribution in [0.4, 0.5) is 0 Å². The van der Waals surface area contributed by atoms with Crippen LogP contribution < -0.4 is 0 Å². The molecular formula is C13H19N3O3S. The van der Waals surface area contributed by atoms with Gasteiger partial charge in [0, 0.05) is 26.2 Å². The van der Waals surface area contributed by atoms with Crippen LogP contribution in [0.15, 0.2) is 0 Å². The van der Waals surface area contributed by atoms with Gasteiger partial charge in [0.15, 0.2) is 0 Å². The molecule has 0 radical (unpaired) electrons. The molecule has 1 aromatic heterocycles. The molecule has 0 aliphatic carbocycles. The Morgan fingerprint density at radius 1 is 1.30 bits per heavy atom. The first-order chi connectivity index (χ1) is 9.51. The highest BCUT2D eigenvalue weighted by Crippen LogP contribution is 2.20. The van der Waals surface area contributed by atoms with E-state index in [0.717, 1.165) is 18.1 Å². The molecule has 20 heavy (non-hydrogen) atoms. The number of carboxylic acids is 1. The van der Waals surface area contributed by atoms with E-state index >= 15 is 0 Å². The lowest BCUT2D eigenvalue weighted by atomic mass is 10.2. The van der Waals surface area contributed by atoms with Gasteiger partial charge in [-0.2, -0.15) is 0 Å². The maximum absolute atomic E-state index is 12.2. The van der Waals surface area contributed by atoms with Gasteiger partial charge >= 0.3 is 5.97 Å². The van der Waals surface area contributed by atoms with E-state index in [1.54, 1.807) is 4.90 Å². The Morgan fingerprint density at radius 3 is 2.50 bits per heavy atom. The third kappa shape index (κ3) is 3.34. The lowest BCUT2D eigenvalue weighted by molar-refractivity contribution is -0.132. The maximum atomic E-state index is 12.2. The van der Waals surface area contributed by atoms with Crippen LogP contribution in [0.5, 0.6) is 0 Å². The Kier molecular flexibility index (Phi) is 4.72. The minimum Gasteiger partial charge on any atom is -0.477 e. The predicted molar refractivity (Wildman–Crippen MR) is 76.2 cm³/mol. The van der Waals surface area contributed by atoms with Gasteiger partial charge in [0.2, 0.25) is 5.91 Å². The van der Waals surface area contributed by atoms with E-state index in [4.69, 9.17) is 0 Å². The fourth-order valence-corrected chi connectivity index (χ4v) is 3.01. The van der Waals surface area contributed by atoms with Gasteiger partial charge in [-0.3, -0.25) is 4.79 Å². The highest BCUT2D eigenvalue weighted by atomic mass is 32.1. The molecular weight excluding hydrogens is 278 g/mol. The molecule has 6 nitrogen and oxygen atoms in total. The number of carbonyl (C=O) groups excluding carboxylic acids is 1. The van der Waals surface area contributed by atoms with E-state index in [0.29, 0.717) is 25.2 Å². The summed E-state index contributed by atoms with van der Waals surface area (Å²) in [4.78, 5) is 31.9. The zero-order valence-corrected chi connectivity index (χ0v) is 12.6. The Labute approximate surface area is 122 Å². The highest BCUT2D eigenvalue weighted by Gasteiger charge is 2.23. The molecule has 2 heterocycles. The smallest absolute Gasteiger partial charge is 0.347 e. The molecule has 1 aliphatic heterocycles. The second-order valence-electron chi connectivity index (χ2n) is 4.90. The van der Waals surface area contributed by atoms with Crippen molar-refractivity contribution in [3.05, 3.63) is 15.6 Å². The third-order valence-electron chi connectivity index (χ3n) is 3.41. The van der Waals surface area contributed by atoms with Crippen LogP contribution >= 0.6 is 11.3 Å². The number of likely N-dealkylation sites (N-methyl/N-ethyl adjacent to an activating group) is 1. The minimum absolute atomic E-state index is 0.0337. The molecule has 1 N–H and O–H groups in total. The van der Waals surface area contributed by atoms with Crippen LogP contribution in [0.25, 0.3) is 0 Å². The van der Waals surface area contributed by atoms with Gasteiger partial charge in [-0.25, -0.2) is 9.78 Å². The fourth-order valence-electron chi connectivity index (χ4n) is 2.15. The van der Waals surface area contributed by atoms with Crippen molar-refractivity contribution >= 4 is 23.2 Å². The van der Waals surface area contributed by atoms with Gasteiger partial charge in [0.1, 0.15) is 4.88 Å². The van der Waals surface area contributed by atoms with Gasteiger partial charge in [0.25, 0.3) is 0 Å². The summed E-state index contributed by atoms with van der Waals surface area (Å²) in [7, 11) is 2.03. The molecule has 1 fully saturated rings. The average molecular weight is 297 g/mol. The van der Waals surface area contributed by atoms with Gasteiger partial charge in [-0.05, 0) is 13.5 Å². The first kappa shape index (κ1) is 14.9. The molecule has 1 saturated heterocycles. The van der Waals surface area contributed by atoms with Crippen LogP contribution in [0.2, 0.25) is 0 Å². The number of carboxylic acid groups (broad SMARTS) is 1. The number of thiazole rings is 1. The quantitative estimate of drug-likeness (QED) is 0.886. The lowest BCUT2D eigenvalue weighted by Crippen LogP contribution is -2.47. The second-order valence-corrected chi connectivity index (χ2v) is 5.99. The first-order valence-corrected chi connectivity index (χ1v) is 7.51. The molecule has 0 spiro atoms. The molecule has 1 aromatic rings. The average Bonchev–Trinajstić information content (AvgIpc) is 2.82. The zero-order chi connectivity index (χ0) is 14.7. The van der Waals surface area contributed by atoms with Crippen LogP contribution in [0.3, 0.4) is 0 Å². The van der Waals surface area contributed by atoms with Crippen LogP contribution in [-0.4, -0.2) is 65.0 Å². The highest BCUT2D eigenvalue weighted by molar-refractivity contribution is 7.13. The largest absolute Gasteiger partial charge is 0.477 e. The number of piperazine rings is 1. The van der Waals surface area contributed by atoms with Crippen molar-refractivity contribution < 1.29 is 14.7 Å². The van der Waals surface area contributed by atoms with E-state index in [1.807, 2.05) is 14.0 Å². The fraction of sp³-hybridized carbons (Fsp3) is 0.615. The van der Waals surface area contributed by atoms with Crippen molar-refractivity contribution in [2.24, 2.45) is 0 Å². The minimum atomic E-state index is -0.997. The number of aromatic carboxylic acids is 1. The molecule has 0 bridgehead atoms. The molecule has 110 valence electrons. The van der Waals surface area contributed by atoms with Crippen LogP contribution in [0, 0.1) is 0 Å². The monoisotopic (exact) mass is 297 g/mol. The number of carbonyl (C=O) groups is 2. The SMILES string of the molecule is CCc1nc(CC(=O)N2CCN(C)CC2)c(C(=O)O)s1. The Morgan fingerprint density at radius 2 is 1.95 bits per heavy atom. The Bertz CT molecular complexity index is 507. The van der Waals surface area contributed by atoms with E-state index < -0.39 is 5.97 Å². The van der Waals surface area contributed by atoms with E-state index in [1.165, 1.54) is 11.3 Å². The number of hydrogen-bond acceptors (Lipinski definition) is 5. The summed E-state index contributed by atoms with van der Waals surface area (Å²) in [6.45, 7) is 5.03. The standard InChI is InChI=1S/C13H19N3O3S/c1-3-10-14-9(12(20-10)13(18)19)8-11(17)16-6-4-15(2)5-7-16/h3-8H2,1-2H3,(H,18,19). The zero-order valence-electron chi connectivity index (χ0n) is 11.8. The second kappa shape index (κ2) is 6.32. The predicted octanol–water partition coefficient (Wildman–Crippen LogP) is 0.720. The molecule has 0 unspecified atom stereocenters. The van der Waals surface area contributed by atoms with E-state index in [9.17, 15) is 14.7 Å². The normalized spacial score (nSPS) is 16.4. The van der Waals surface area contributed by atoms with Gasteiger partial charge in [-0.15, -0.1) is 11.3 Å². The van der Waals surface area contributed by atoms with Crippen LogP contribution in [-0.2, 0) is 17.6 Å². The number of aromatic nitrogens is 1. The molecule has 1 aliphatic rings. The van der Waals surface area contributed by atoms with E-state index in [-0.39, 0.29) is 17.2 Å². The topological polar surface area (TPSA) is 73.7 Å². The van der Waals surface area contributed by atoms with Crippen molar-refractivity contribution in [3.8, 4) is 0 Å². The summed E-state index contributed by atoms with van der Waals surface area (Å²) in [6.07, 6.45) is 0.773. The Balaban J connectivity index is 2.07. The molecule has 7 heteroatoms. The van der Waals surface area contributed by atoms with Crippen molar-refractivity contribution in [2.45, 2.75) is 19.8 Å². The summed E-state index contributed by atoms with van der Waals surface area (Å²) < 4.78 is 0. The van der Waals surface area contributed by atoms with Crippen molar-refractivity contribution in [1.29, 1.82) is 0 Å². The summed E-state index contributed by atoms with van der Waals surface area (Å²) in [5, 5.41) is 9.94. The summed E-state index contributed by atoms with van der Waals surface area (Å²) in [6, 6.07) is 0. The molecule has 2 rings (SSSR count).